The lowest BCUT2D eigenvalue weighted by Gasteiger charge is -2.17. The number of fused-ring (bicyclic) bond motifs is 1. The second-order valence-corrected chi connectivity index (χ2v) is 9.21. The number of carbonyl (C=O) groups is 1. The molecule has 0 fully saturated rings. The van der Waals surface area contributed by atoms with Crippen LogP contribution in [0.4, 0.5) is 18.9 Å². The molecule has 0 unspecified atom stereocenters. The van der Waals surface area contributed by atoms with Crippen LogP contribution >= 0.6 is 11.3 Å². The zero-order valence-corrected chi connectivity index (χ0v) is 20.0. The SMILES string of the molecule is CCN=c1scc(-c2cccc(C(F)(F)F)c2)n1/N=C1/C(=O)N(CCC(C)C)c2ccccc21. The van der Waals surface area contributed by atoms with E-state index in [4.69, 9.17) is 0 Å². The Kier molecular flexibility index (Phi) is 6.74. The summed E-state index contributed by atoms with van der Waals surface area (Å²) in [7, 11) is 0. The van der Waals surface area contributed by atoms with Crippen molar-refractivity contribution in [3.63, 3.8) is 0 Å². The number of para-hydroxylation sites is 1. The summed E-state index contributed by atoms with van der Waals surface area (Å²) in [6.45, 7) is 7.10. The molecule has 2 heterocycles. The number of nitrogens with zero attached hydrogens (tertiary/aromatic N) is 4. The van der Waals surface area contributed by atoms with Crippen LogP contribution in [0.5, 0.6) is 0 Å². The van der Waals surface area contributed by atoms with Gasteiger partial charge in [0.25, 0.3) is 5.91 Å². The molecule has 0 saturated carbocycles. The Labute approximate surface area is 199 Å². The first-order valence-corrected chi connectivity index (χ1v) is 12.0. The Morgan fingerprint density at radius 3 is 2.56 bits per heavy atom. The molecule has 9 heteroatoms. The van der Waals surface area contributed by atoms with E-state index in [2.05, 4.69) is 23.9 Å². The summed E-state index contributed by atoms with van der Waals surface area (Å²) in [6, 6.07) is 12.5. The van der Waals surface area contributed by atoms with Gasteiger partial charge in [-0.3, -0.25) is 9.79 Å². The average molecular weight is 487 g/mol. The van der Waals surface area contributed by atoms with Crippen LogP contribution in [0.15, 0.2) is 64.0 Å². The molecule has 1 aliphatic heterocycles. The van der Waals surface area contributed by atoms with Crippen molar-refractivity contribution >= 4 is 28.6 Å². The molecule has 0 spiro atoms. The van der Waals surface area contributed by atoms with Crippen LogP contribution in [-0.4, -0.2) is 29.4 Å². The molecule has 3 aromatic rings. The molecule has 0 atom stereocenters. The van der Waals surface area contributed by atoms with E-state index in [1.807, 2.05) is 31.2 Å². The maximum absolute atomic E-state index is 13.4. The van der Waals surface area contributed by atoms with Gasteiger partial charge in [-0.25, -0.2) is 4.68 Å². The number of halogens is 3. The minimum Gasteiger partial charge on any atom is -0.306 e. The normalized spacial score (nSPS) is 15.6. The predicted molar refractivity (Wildman–Crippen MR) is 129 cm³/mol. The molecule has 0 N–H and O–H groups in total. The highest BCUT2D eigenvalue weighted by Gasteiger charge is 2.34. The number of amides is 1. The molecule has 178 valence electrons. The number of aromatic nitrogens is 1. The fourth-order valence-corrected chi connectivity index (χ4v) is 4.66. The first-order valence-electron chi connectivity index (χ1n) is 11.1. The topological polar surface area (TPSA) is 50.0 Å². The number of benzene rings is 2. The number of hydrogen-bond acceptors (Lipinski definition) is 4. The van der Waals surface area contributed by atoms with Gasteiger partial charge in [0.05, 0.1) is 16.9 Å². The first kappa shape index (κ1) is 23.9. The van der Waals surface area contributed by atoms with E-state index < -0.39 is 11.7 Å². The summed E-state index contributed by atoms with van der Waals surface area (Å²) >= 11 is 1.27. The van der Waals surface area contributed by atoms with E-state index >= 15 is 0 Å². The lowest BCUT2D eigenvalue weighted by atomic mass is 10.1. The van der Waals surface area contributed by atoms with Crippen LogP contribution in [0.25, 0.3) is 11.3 Å². The second-order valence-electron chi connectivity index (χ2n) is 8.37. The molecule has 34 heavy (non-hydrogen) atoms. The van der Waals surface area contributed by atoms with Crippen molar-refractivity contribution in [2.75, 3.05) is 18.0 Å². The van der Waals surface area contributed by atoms with Crippen molar-refractivity contribution in [3.05, 3.63) is 69.8 Å². The monoisotopic (exact) mass is 486 g/mol. The molecular weight excluding hydrogens is 461 g/mol. The summed E-state index contributed by atoms with van der Waals surface area (Å²) in [4.78, 5) is 20.1. The third-order valence-corrected chi connectivity index (χ3v) is 6.35. The van der Waals surface area contributed by atoms with Gasteiger partial charge in [-0.2, -0.15) is 18.3 Å². The Morgan fingerprint density at radius 1 is 1.09 bits per heavy atom. The lowest BCUT2D eigenvalue weighted by Crippen LogP contribution is -2.32. The van der Waals surface area contributed by atoms with E-state index in [0.717, 1.165) is 24.2 Å². The number of rotatable bonds is 6. The van der Waals surface area contributed by atoms with Crippen LogP contribution < -0.4 is 9.70 Å². The molecule has 1 amide bonds. The van der Waals surface area contributed by atoms with Crippen LogP contribution in [0.3, 0.4) is 0 Å². The third-order valence-electron chi connectivity index (χ3n) is 5.49. The van der Waals surface area contributed by atoms with Crippen molar-refractivity contribution in [3.8, 4) is 11.3 Å². The van der Waals surface area contributed by atoms with Gasteiger partial charge in [0, 0.05) is 29.6 Å². The van der Waals surface area contributed by atoms with E-state index in [1.165, 1.54) is 22.1 Å². The fourth-order valence-electron chi connectivity index (χ4n) is 3.76. The zero-order valence-electron chi connectivity index (χ0n) is 19.1. The molecular formula is C25H25F3N4OS. The summed E-state index contributed by atoms with van der Waals surface area (Å²) in [6.07, 6.45) is -3.62. The molecule has 2 aromatic carbocycles. The Morgan fingerprint density at radius 2 is 1.85 bits per heavy atom. The quantitative estimate of drug-likeness (QED) is 0.434. The molecule has 0 saturated heterocycles. The van der Waals surface area contributed by atoms with Crippen molar-refractivity contribution in [1.82, 2.24) is 4.68 Å². The number of hydrogen-bond donors (Lipinski definition) is 0. The highest BCUT2D eigenvalue weighted by atomic mass is 32.1. The molecule has 5 nitrogen and oxygen atoms in total. The van der Waals surface area contributed by atoms with Crippen LogP contribution in [0.1, 0.15) is 38.3 Å². The van der Waals surface area contributed by atoms with Gasteiger partial charge in [-0.1, -0.05) is 44.2 Å². The van der Waals surface area contributed by atoms with Crippen LogP contribution in [0, 0.1) is 5.92 Å². The number of thiazole rings is 1. The number of carbonyl (C=O) groups excluding carboxylic acids is 1. The highest BCUT2D eigenvalue weighted by Crippen LogP contribution is 2.33. The predicted octanol–water partition coefficient (Wildman–Crippen LogP) is 5.80. The summed E-state index contributed by atoms with van der Waals surface area (Å²) in [5.41, 5.74) is 1.80. The maximum atomic E-state index is 13.4. The summed E-state index contributed by atoms with van der Waals surface area (Å²) in [5, 5.41) is 6.40. The standard InChI is InChI=1S/C25H25F3N4OS/c1-4-29-24-32(21(15-34-24)17-8-7-9-18(14-17)25(26,27)28)30-22-19-10-5-6-11-20(19)31(23(22)33)13-12-16(2)3/h5-11,14-16H,4,12-13H2,1-3H3/b29-24?,30-22+. The first-order chi connectivity index (χ1) is 16.2. The average Bonchev–Trinajstić information content (AvgIpc) is 3.31. The third kappa shape index (κ3) is 4.70. The van der Waals surface area contributed by atoms with E-state index in [-0.39, 0.29) is 11.6 Å². The van der Waals surface area contributed by atoms with E-state index in [1.54, 1.807) is 16.3 Å². The van der Waals surface area contributed by atoms with Gasteiger partial charge in [0.1, 0.15) is 0 Å². The van der Waals surface area contributed by atoms with Gasteiger partial charge in [0.15, 0.2) is 5.71 Å². The van der Waals surface area contributed by atoms with Crippen molar-refractivity contribution in [2.45, 2.75) is 33.4 Å². The molecule has 1 aliphatic rings. The summed E-state index contributed by atoms with van der Waals surface area (Å²) in [5.74, 6) is 0.202. The molecule has 0 bridgehead atoms. The zero-order chi connectivity index (χ0) is 24.5. The van der Waals surface area contributed by atoms with Crippen LogP contribution in [0.2, 0.25) is 0 Å². The molecule has 0 radical (unpaired) electrons. The number of anilines is 1. The van der Waals surface area contributed by atoms with Gasteiger partial charge in [-0.05, 0) is 37.5 Å². The van der Waals surface area contributed by atoms with E-state index in [9.17, 15) is 18.0 Å². The molecule has 4 rings (SSSR count). The summed E-state index contributed by atoms with van der Waals surface area (Å²) < 4.78 is 41.5. The largest absolute Gasteiger partial charge is 0.416 e. The Balaban J connectivity index is 1.86. The maximum Gasteiger partial charge on any atom is 0.416 e. The smallest absolute Gasteiger partial charge is 0.306 e. The van der Waals surface area contributed by atoms with Crippen molar-refractivity contribution < 1.29 is 18.0 Å². The highest BCUT2D eigenvalue weighted by molar-refractivity contribution is 7.07. The Bertz CT molecular complexity index is 1300. The fraction of sp³-hybridized carbons (Fsp3) is 0.320. The lowest BCUT2D eigenvalue weighted by molar-refractivity contribution is -0.137. The van der Waals surface area contributed by atoms with E-state index in [0.29, 0.717) is 40.6 Å². The minimum absolute atomic E-state index is 0.224. The van der Waals surface area contributed by atoms with Crippen LogP contribution in [-0.2, 0) is 11.0 Å². The van der Waals surface area contributed by atoms with Crippen molar-refractivity contribution in [2.24, 2.45) is 16.0 Å². The number of alkyl halides is 3. The second kappa shape index (κ2) is 9.58. The molecule has 0 aliphatic carbocycles. The van der Waals surface area contributed by atoms with Gasteiger partial charge < -0.3 is 4.90 Å². The van der Waals surface area contributed by atoms with Gasteiger partial charge in [-0.15, -0.1) is 11.3 Å². The van der Waals surface area contributed by atoms with Gasteiger partial charge in [0.2, 0.25) is 4.80 Å². The minimum atomic E-state index is -4.46. The van der Waals surface area contributed by atoms with Crippen molar-refractivity contribution in [1.29, 1.82) is 0 Å². The Hall–Kier alpha value is -3.20. The van der Waals surface area contributed by atoms with Gasteiger partial charge >= 0.3 is 6.18 Å². The molecule has 1 aromatic heterocycles.